The molecule has 0 amide bonds. The number of aliphatic hydroxyl groups excluding tert-OH is 1. The zero-order valence-electron chi connectivity index (χ0n) is 11.9. The van der Waals surface area contributed by atoms with Gasteiger partial charge in [0.1, 0.15) is 0 Å². The van der Waals surface area contributed by atoms with Crippen molar-refractivity contribution in [1.29, 1.82) is 0 Å². The average molecular weight is 325 g/mol. The second-order valence-corrected chi connectivity index (χ2v) is 6.83. The van der Waals surface area contributed by atoms with Gasteiger partial charge in [0.25, 0.3) is 0 Å². The molecule has 0 saturated heterocycles. The number of hydrogen-bond donors (Lipinski definition) is 2. The first kappa shape index (κ1) is 17.9. The van der Waals surface area contributed by atoms with E-state index >= 15 is 0 Å². The summed E-state index contributed by atoms with van der Waals surface area (Å²) >= 11 is 0. The molecule has 0 aromatic heterocycles. The second-order valence-electron chi connectivity index (χ2n) is 5.09. The van der Waals surface area contributed by atoms with Crippen molar-refractivity contribution in [2.75, 3.05) is 6.54 Å². The Bertz CT molecular complexity index is 597. The largest absolute Gasteiger partial charge is 0.416 e. The standard InChI is InChI=1S/C13H18F3NO3S/c1-8(2)11(18)7-17-21(19,20)12-6-4-5-10(9(12)3)13(14,15)16/h4-6,8,11,17-18H,7H2,1-3H3. The maximum atomic E-state index is 12.8. The number of alkyl halides is 3. The van der Waals surface area contributed by atoms with Crippen molar-refractivity contribution in [3.63, 3.8) is 0 Å². The Morgan fingerprint density at radius 1 is 1.29 bits per heavy atom. The van der Waals surface area contributed by atoms with Crippen LogP contribution >= 0.6 is 0 Å². The summed E-state index contributed by atoms with van der Waals surface area (Å²) in [7, 11) is -4.11. The summed E-state index contributed by atoms with van der Waals surface area (Å²) in [5.74, 6) is -0.171. The van der Waals surface area contributed by atoms with Crippen molar-refractivity contribution in [2.24, 2.45) is 5.92 Å². The van der Waals surface area contributed by atoms with Crippen molar-refractivity contribution in [3.05, 3.63) is 29.3 Å². The van der Waals surface area contributed by atoms with Crippen molar-refractivity contribution in [2.45, 2.75) is 37.9 Å². The highest BCUT2D eigenvalue weighted by Crippen LogP contribution is 2.34. The van der Waals surface area contributed by atoms with E-state index in [-0.39, 0.29) is 18.0 Å². The van der Waals surface area contributed by atoms with Crippen LogP contribution in [0, 0.1) is 12.8 Å². The van der Waals surface area contributed by atoms with Crippen LogP contribution in [-0.4, -0.2) is 26.2 Å². The third-order valence-electron chi connectivity index (χ3n) is 3.13. The van der Waals surface area contributed by atoms with Crippen LogP contribution in [0.5, 0.6) is 0 Å². The molecule has 0 spiro atoms. The summed E-state index contributed by atoms with van der Waals surface area (Å²) in [4.78, 5) is -0.437. The molecule has 0 saturated carbocycles. The summed E-state index contributed by atoms with van der Waals surface area (Å²) in [6.45, 7) is 4.26. The maximum absolute atomic E-state index is 12.8. The van der Waals surface area contributed by atoms with Crippen LogP contribution < -0.4 is 4.72 Å². The molecule has 1 aromatic carbocycles. The third-order valence-corrected chi connectivity index (χ3v) is 4.70. The fourth-order valence-corrected chi connectivity index (χ4v) is 3.04. The lowest BCUT2D eigenvalue weighted by atomic mass is 10.1. The first-order chi connectivity index (χ1) is 9.47. The van der Waals surface area contributed by atoms with Gasteiger partial charge in [-0.3, -0.25) is 0 Å². The Labute approximate surface area is 122 Å². The first-order valence-electron chi connectivity index (χ1n) is 6.31. The molecule has 0 radical (unpaired) electrons. The Kier molecular flexibility index (Phi) is 5.40. The molecule has 1 unspecified atom stereocenters. The van der Waals surface area contributed by atoms with Crippen LogP contribution in [0.1, 0.15) is 25.0 Å². The Morgan fingerprint density at radius 3 is 2.33 bits per heavy atom. The van der Waals surface area contributed by atoms with Crippen LogP contribution in [-0.2, 0) is 16.2 Å². The van der Waals surface area contributed by atoms with Gasteiger partial charge in [0, 0.05) is 6.54 Å². The first-order valence-corrected chi connectivity index (χ1v) is 7.79. The summed E-state index contributed by atoms with van der Waals surface area (Å²) in [6.07, 6.45) is -5.53. The molecular formula is C13H18F3NO3S. The lowest BCUT2D eigenvalue weighted by Crippen LogP contribution is -2.35. The molecule has 8 heteroatoms. The lowest BCUT2D eigenvalue weighted by molar-refractivity contribution is -0.138. The van der Waals surface area contributed by atoms with Gasteiger partial charge in [-0.1, -0.05) is 19.9 Å². The predicted octanol–water partition coefficient (Wildman–Crippen LogP) is 2.31. The fourth-order valence-electron chi connectivity index (χ4n) is 1.72. The van der Waals surface area contributed by atoms with Crippen molar-refractivity contribution < 1.29 is 26.7 Å². The highest BCUT2D eigenvalue weighted by molar-refractivity contribution is 7.89. The van der Waals surface area contributed by atoms with E-state index in [9.17, 15) is 26.7 Å². The predicted molar refractivity (Wildman–Crippen MR) is 72.2 cm³/mol. The highest BCUT2D eigenvalue weighted by Gasteiger charge is 2.34. The summed E-state index contributed by atoms with van der Waals surface area (Å²) < 4.78 is 64.6. The van der Waals surface area contributed by atoms with E-state index < -0.39 is 32.8 Å². The van der Waals surface area contributed by atoms with Crippen LogP contribution in [0.25, 0.3) is 0 Å². The monoisotopic (exact) mass is 325 g/mol. The molecule has 0 aliphatic heterocycles. The Balaban J connectivity index is 3.10. The number of sulfonamides is 1. The third kappa shape index (κ3) is 4.42. The van der Waals surface area contributed by atoms with Crippen molar-refractivity contribution >= 4 is 10.0 Å². The fraction of sp³-hybridized carbons (Fsp3) is 0.538. The normalized spacial score (nSPS) is 14.5. The second kappa shape index (κ2) is 6.33. The van der Waals surface area contributed by atoms with Gasteiger partial charge in [0.05, 0.1) is 16.6 Å². The summed E-state index contributed by atoms with van der Waals surface area (Å²) in [6, 6.07) is 2.98. The van der Waals surface area contributed by atoms with E-state index in [0.29, 0.717) is 0 Å². The zero-order valence-corrected chi connectivity index (χ0v) is 12.7. The number of rotatable bonds is 5. The molecular weight excluding hydrogens is 307 g/mol. The molecule has 4 nitrogen and oxygen atoms in total. The molecule has 0 heterocycles. The number of hydrogen-bond acceptors (Lipinski definition) is 3. The van der Waals surface area contributed by atoms with Crippen LogP contribution in [0.3, 0.4) is 0 Å². The molecule has 21 heavy (non-hydrogen) atoms. The smallest absolute Gasteiger partial charge is 0.391 e. The Hall–Kier alpha value is -1.12. The lowest BCUT2D eigenvalue weighted by Gasteiger charge is -2.17. The number of benzene rings is 1. The molecule has 1 aromatic rings. The Morgan fingerprint density at radius 2 is 1.86 bits per heavy atom. The minimum absolute atomic E-state index is 0.171. The number of halogens is 3. The van der Waals surface area contributed by atoms with Crippen LogP contribution in [0.4, 0.5) is 13.2 Å². The maximum Gasteiger partial charge on any atom is 0.416 e. The molecule has 120 valence electrons. The van der Waals surface area contributed by atoms with Crippen molar-refractivity contribution in [3.8, 4) is 0 Å². The van der Waals surface area contributed by atoms with Gasteiger partial charge in [-0.2, -0.15) is 13.2 Å². The summed E-state index contributed by atoms with van der Waals surface area (Å²) in [5, 5.41) is 9.58. The van der Waals surface area contributed by atoms with Crippen LogP contribution in [0.15, 0.2) is 23.1 Å². The van der Waals surface area contributed by atoms with E-state index in [0.717, 1.165) is 25.1 Å². The molecule has 2 N–H and O–H groups in total. The van der Waals surface area contributed by atoms with Gasteiger partial charge >= 0.3 is 6.18 Å². The van der Waals surface area contributed by atoms with Crippen molar-refractivity contribution in [1.82, 2.24) is 4.72 Å². The highest BCUT2D eigenvalue weighted by atomic mass is 32.2. The SMILES string of the molecule is Cc1c(C(F)(F)F)cccc1S(=O)(=O)NCC(O)C(C)C. The molecule has 0 bridgehead atoms. The van der Waals surface area contributed by atoms with E-state index in [2.05, 4.69) is 4.72 Å². The summed E-state index contributed by atoms with van der Waals surface area (Å²) in [5.41, 5.74) is -1.36. The average Bonchev–Trinajstić information content (AvgIpc) is 2.34. The van der Waals surface area contributed by atoms with Gasteiger partial charge < -0.3 is 5.11 Å². The quantitative estimate of drug-likeness (QED) is 0.873. The van der Waals surface area contributed by atoms with E-state index in [1.165, 1.54) is 0 Å². The minimum Gasteiger partial charge on any atom is -0.391 e. The number of aliphatic hydroxyl groups is 1. The topological polar surface area (TPSA) is 66.4 Å². The molecule has 1 atom stereocenters. The molecule has 0 fully saturated rings. The van der Waals surface area contributed by atoms with Gasteiger partial charge in [-0.05, 0) is 30.5 Å². The van der Waals surface area contributed by atoms with Gasteiger partial charge in [-0.15, -0.1) is 0 Å². The van der Waals surface area contributed by atoms with Gasteiger partial charge in [-0.25, -0.2) is 13.1 Å². The zero-order chi connectivity index (χ0) is 16.4. The van der Waals surface area contributed by atoms with Gasteiger partial charge in [0.15, 0.2) is 0 Å². The molecule has 0 aliphatic carbocycles. The minimum atomic E-state index is -4.62. The van der Waals surface area contributed by atoms with E-state index in [1.54, 1.807) is 13.8 Å². The van der Waals surface area contributed by atoms with Gasteiger partial charge in [0.2, 0.25) is 10.0 Å². The van der Waals surface area contributed by atoms with E-state index in [4.69, 9.17) is 0 Å². The molecule has 0 aliphatic rings. The molecule has 1 rings (SSSR count). The number of nitrogens with one attached hydrogen (secondary N) is 1. The van der Waals surface area contributed by atoms with Crippen LogP contribution in [0.2, 0.25) is 0 Å². The van der Waals surface area contributed by atoms with E-state index in [1.807, 2.05) is 0 Å².